The van der Waals surface area contributed by atoms with Crippen molar-refractivity contribution in [2.75, 3.05) is 47.5 Å². The summed E-state index contributed by atoms with van der Waals surface area (Å²) < 4.78 is 22.9. The maximum atomic E-state index is 12.9. The number of hydrogen-bond acceptors (Lipinski definition) is 7. The van der Waals surface area contributed by atoms with Crippen LogP contribution in [0.1, 0.15) is 219 Å². The van der Waals surface area contributed by atoms with Gasteiger partial charge >= 0.3 is 17.9 Å². The molecule has 0 amide bonds. The lowest BCUT2D eigenvalue weighted by atomic mass is 10.0. The smallest absolute Gasteiger partial charge is 0.361 e. The van der Waals surface area contributed by atoms with Gasteiger partial charge < -0.3 is 28.5 Å². The Labute approximate surface area is 447 Å². The highest BCUT2D eigenvalue weighted by atomic mass is 16.7. The second-order valence-electron chi connectivity index (χ2n) is 20.2. The highest BCUT2D eigenvalue weighted by molar-refractivity contribution is 5.71. The van der Waals surface area contributed by atoms with Crippen molar-refractivity contribution in [3.05, 3.63) is 109 Å². The highest BCUT2D eigenvalue weighted by Gasteiger charge is 2.25. The number of carboxylic acid groups (broad SMARTS) is 1. The van der Waals surface area contributed by atoms with Crippen LogP contribution in [0.5, 0.6) is 0 Å². The summed E-state index contributed by atoms with van der Waals surface area (Å²) in [6.45, 7) is 4.63. The lowest BCUT2D eigenvalue weighted by molar-refractivity contribution is -0.870. The van der Waals surface area contributed by atoms with E-state index in [0.29, 0.717) is 17.4 Å². The van der Waals surface area contributed by atoms with Crippen LogP contribution in [0.4, 0.5) is 0 Å². The Morgan fingerprint density at radius 2 is 0.740 bits per heavy atom. The Kier molecular flexibility index (Phi) is 51.2. The quantitative estimate of drug-likeness (QED) is 0.0211. The summed E-state index contributed by atoms with van der Waals surface area (Å²) in [4.78, 5) is 37.4. The number of carbonyl (C=O) groups is 3. The molecule has 1 N–H and O–H groups in total. The van der Waals surface area contributed by atoms with Crippen molar-refractivity contribution in [1.29, 1.82) is 0 Å². The van der Waals surface area contributed by atoms with E-state index in [2.05, 4.69) is 123 Å². The molecule has 0 aromatic rings. The van der Waals surface area contributed by atoms with Gasteiger partial charge in [0, 0.05) is 12.8 Å². The first-order valence-electron chi connectivity index (χ1n) is 29.1. The molecular weight excluding hydrogens is 911 g/mol. The molecule has 0 aromatic heterocycles. The van der Waals surface area contributed by atoms with Gasteiger partial charge in [-0.2, -0.15) is 0 Å². The SMILES string of the molecule is CC/C=C\C/C=C\C/C=C\C/C=C\C/C=C\CCCCCCCCCCCCCCCC(=O)OC(COC(=O)CCCCCCCC/C=C\C/C=C\C/C=C\C/C=C\CC)COC(OCC[N+](C)(C)C)C(=O)O. The molecule has 73 heavy (non-hydrogen) atoms. The average molecular weight is 1020 g/mol. The van der Waals surface area contributed by atoms with Crippen LogP contribution in [0.25, 0.3) is 0 Å². The Morgan fingerprint density at radius 1 is 0.411 bits per heavy atom. The monoisotopic (exact) mass is 1020 g/mol. The van der Waals surface area contributed by atoms with Crippen LogP contribution in [0.3, 0.4) is 0 Å². The second kappa shape index (κ2) is 54.2. The average Bonchev–Trinajstić information content (AvgIpc) is 3.36. The highest BCUT2D eigenvalue weighted by Crippen LogP contribution is 2.15. The van der Waals surface area contributed by atoms with Gasteiger partial charge in [0.05, 0.1) is 34.4 Å². The number of carboxylic acids is 1. The maximum Gasteiger partial charge on any atom is 0.361 e. The Morgan fingerprint density at radius 3 is 1.10 bits per heavy atom. The standard InChI is InChI=1S/C64H107NO8/c1-6-8-10-12-14-16-18-20-22-24-26-27-28-29-30-31-32-33-34-35-37-39-41-43-45-47-49-51-53-55-62(67)73-60(59-72-64(63(68)69)70-57-56-65(3,4)5)58-71-61(66)54-52-50-48-46-44-42-40-38-36-25-23-21-19-17-15-13-11-9-7-2/h8-11,14-17,20-23,26-27,29-30,36,38,60,64H,6-7,12-13,18-19,24-25,28,31-35,37,39-59H2,1-5H3/p+1/b10-8-,11-9-,16-14-,17-15-,22-20-,23-21-,27-26-,30-29-,38-36-. The second-order valence-corrected chi connectivity index (χ2v) is 20.2. The minimum absolute atomic E-state index is 0.180. The molecule has 416 valence electrons. The zero-order chi connectivity index (χ0) is 53.4. The fourth-order valence-corrected chi connectivity index (χ4v) is 7.62. The van der Waals surface area contributed by atoms with Gasteiger partial charge in [-0.05, 0) is 96.3 Å². The van der Waals surface area contributed by atoms with E-state index in [0.717, 1.165) is 116 Å². The Bertz CT molecular complexity index is 1560. The van der Waals surface area contributed by atoms with Gasteiger partial charge in [0.25, 0.3) is 6.29 Å². The summed E-state index contributed by atoms with van der Waals surface area (Å²) in [5.74, 6) is -2.03. The van der Waals surface area contributed by atoms with E-state index in [1.165, 1.54) is 70.6 Å². The molecule has 0 aromatic carbocycles. The third kappa shape index (κ3) is 55.5. The molecule has 0 aliphatic heterocycles. The van der Waals surface area contributed by atoms with Gasteiger partial charge in [0.1, 0.15) is 13.2 Å². The van der Waals surface area contributed by atoms with Crippen molar-refractivity contribution >= 4 is 17.9 Å². The molecule has 0 aliphatic carbocycles. The lowest BCUT2D eigenvalue weighted by Crippen LogP contribution is -2.40. The van der Waals surface area contributed by atoms with Crippen molar-refractivity contribution in [3.63, 3.8) is 0 Å². The number of nitrogens with zero attached hydrogens (tertiary/aromatic N) is 1. The molecule has 0 fully saturated rings. The van der Waals surface area contributed by atoms with Crippen LogP contribution in [0, 0.1) is 0 Å². The van der Waals surface area contributed by atoms with E-state index in [1.807, 2.05) is 21.1 Å². The van der Waals surface area contributed by atoms with Crippen molar-refractivity contribution < 1.29 is 42.9 Å². The number of rotatable bonds is 52. The molecule has 0 bridgehead atoms. The van der Waals surface area contributed by atoms with Crippen LogP contribution >= 0.6 is 0 Å². The number of aliphatic carboxylic acids is 1. The van der Waals surface area contributed by atoms with E-state index >= 15 is 0 Å². The molecule has 9 nitrogen and oxygen atoms in total. The van der Waals surface area contributed by atoms with Gasteiger partial charge in [-0.1, -0.05) is 220 Å². The van der Waals surface area contributed by atoms with Crippen molar-refractivity contribution in [2.24, 2.45) is 0 Å². The fourth-order valence-electron chi connectivity index (χ4n) is 7.62. The molecule has 0 aliphatic rings. The fraction of sp³-hybridized carbons (Fsp3) is 0.672. The number of ether oxygens (including phenoxy) is 4. The summed E-state index contributed by atoms with van der Waals surface area (Å²) in [6.07, 6.45) is 71.6. The van der Waals surface area contributed by atoms with Crippen LogP contribution in [-0.2, 0) is 33.3 Å². The van der Waals surface area contributed by atoms with Crippen molar-refractivity contribution in [2.45, 2.75) is 232 Å². The van der Waals surface area contributed by atoms with Gasteiger partial charge in [0.15, 0.2) is 6.10 Å². The third-order valence-electron chi connectivity index (χ3n) is 12.0. The lowest BCUT2D eigenvalue weighted by Gasteiger charge is -2.25. The number of carbonyl (C=O) groups excluding carboxylic acids is 2. The Hall–Kier alpha value is -4.05. The molecule has 0 rings (SSSR count). The van der Waals surface area contributed by atoms with Crippen LogP contribution < -0.4 is 0 Å². The van der Waals surface area contributed by atoms with Crippen molar-refractivity contribution in [1.82, 2.24) is 0 Å². The number of esters is 2. The molecule has 0 saturated heterocycles. The van der Waals surface area contributed by atoms with Crippen molar-refractivity contribution in [3.8, 4) is 0 Å². The third-order valence-corrected chi connectivity index (χ3v) is 12.0. The van der Waals surface area contributed by atoms with E-state index in [1.54, 1.807) is 0 Å². The van der Waals surface area contributed by atoms with Gasteiger partial charge in [-0.3, -0.25) is 9.59 Å². The minimum atomic E-state index is -1.52. The zero-order valence-corrected chi connectivity index (χ0v) is 47.3. The normalized spacial score (nSPS) is 13.6. The number of quaternary nitrogens is 1. The first-order chi connectivity index (χ1) is 35.6. The first kappa shape index (κ1) is 69.0. The predicted molar refractivity (Wildman–Crippen MR) is 308 cm³/mol. The van der Waals surface area contributed by atoms with Gasteiger partial charge in [0.2, 0.25) is 0 Å². The molecule has 0 heterocycles. The number of hydrogen-bond donors (Lipinski definition) is 1. The summed E-state index contributed by atoms with van der Waals surface area (Å²) in [5.41, 5.74) is 0. The Balaban J connectivity index is 4.25. The summed E-state index contributed by atoms with van der Waals surface area (Å²) in [7, 11) is 5.96. The van der Waals surface area contributed by atoms with E-state index in [9.17, 15) is 19.5 Å². The summed E-state index contributed by atoms with van der Waals surface area (Å²) in [5, 5.41) is 9.70. The molecular formula is C64H108NO8+. The summed E-state index contributed by atoms with van der Waals surface area (Å²) in [6, 6.07) is 0. The predicted octanol–water partition coefficient (Wildman–Crippen LogP) is 17.1. The zero-order valence-electron chi connectivity index (χ0n) is 47.3. The molecule has 0 radical (unpaired) electrons. The summed E-state index contributed by atoms with van der Waals surface area (Å²) >= 11 is 0. The first-order valence-corrected chi connectivity index (χ1v) is 29.1. The molecule has 0 saturated carbocycles. The van der Waals surface area contributed by atoms with Crippen LogP contribution in [0.15, 0.2) is 109 Å². The number of likely N-dealkylation sites (N-methyl/N-ethyl adjacent to an activating group) is 1. The van der Waals surface area contributed by atoms with E-state index < -0.39 is 24.3 Å². The largest absolute Gasteiger partial charge is 0.477 e. The van der Waals surface area contributed by atoms with Crippen LogP contribution in [0.2, 0.25) is 0 Å². The molecule has 0 spiro atoms. The van der Waals surface area contributed by atoms with Gasteiger partial charge in [-0.25, -0.2) is 4.79 Å². The number of unbranched alkanes of at least 4 members (excludes halogenated alkanes) is 19. The van der Waals surface area contributed by atoms with Crippen LogP contribution in [-0.4, -0.2) is 87.4 Å². The van der Waals surface area contributed by atoms with E-state index in [-0.39, 0.29) is 38.6 Å². The molecule has 9 heteroatoms. The van der Waals surface area contributed by atoms with E-state index in [4.69, 9.17) is 18.9 Å². The molecule has 2 unspecified atom stereocenters. The number of allylic oxidation sites excluding steroid dienone is 18. The van der Waals surface area contributed by atoms with Gasteiger partial charge in [-0.15, -0.1) is 0 Å². The minimum Gasteiger partial charge on any atom is -0.477 e. The topological polar surface area (TPSA) is 108 Å². The maximum absolute atomic E-state index is 12.9. The molecule has 2 atom stereocenters.